The molecule has 0 atom stereocenters. The van der Waals surface area contributed by atoms with Gasteiger partial charge in [0.25, 0.3) is 0 Å². The fraction of sp³-hybridized carbons (Fsp3) is 0.692. The molecule has 2 nitrogen and oxygen atoms in total. The Morgan fingerprint density at radius 1 is 0.867 bits per heavy atom. The van der Waals surface area contributed by atoms with Crippen LogP contribution in [0.3, 0.4) is 0 Å². The Balaban J connectivity index is 0.000000262. The molecule has 0 bridgehead atoms. The second kappa shape index (κ2) is 11.2. The zero-order valence-corrected chi connectivity index (χ0v) is 10.4. The molecule has 2 heteroatoms. The third-order valence-corrected chi connectivity index (χ3v) is 2.15. The molecule has 1 aromatic rings. The van der Waals surface area contributed by atoms with E-state index in [1.54, 1.807) is 18.5 Å². The van der Waals surface area contributed by atoms with E-state index in [9.17, 15) is 0 Å². The molecule has 0 aliphatic heterocycles. The lowest BCUT2D eigenvalue weighted by Crippen LogP contribution is -1.80. The maximum atomic E-state index is 3.87. The Morgan fingerprint density at radius 2 is 1.33 bits per heavy atom. The van der Waals surface area contributed by atoms with Crippen molar-refractivity contribution in [1.82, 2.24) is 9.97 Å². The van der Waals surface area contributed by atoms with Crippen LogP contribution in [0.1, 0.15) is 58.2 Å². The van der Waals surface area contributed by atoms with Crippen molar-refractivity contribution < 1.29 is 0 Å². The molecule has 0 aromatic carbocycles. The van der Waals surface area contributed by atoms with E-state index >= 15 is 0 Å². The molecule has 0 amide bonds. The molecule has 0 spiro atoms. The van der Waals surface area contributed by atoms with Crippen molar-refractivity contribution in [2.75, 3.05) is 0 Å². The van der Waals surface area contributed by atoms with Gasteiger partial charge in [0, 0.05) is 12.4 Å². The van der Waals surface area contributed by atoms with Crippen molar-refractivity contribution in [2.45, 2.75) is 59.3 Å². The van der Waals surface area contributed by atoms with Crippen LogP contribution in [-0.2, 0) is 0 Å². The Labute approximate surface area is 94.2 Å². The molecular weight excluding hydrogens is 184 g/mol. The largest absolute Gasteiger partial charge is 0.242 e. The summed E-state index contributed by atoms with van der Waals surface area (Å²) < 4.78 is 0. The van der Waals surface area contributed by atoms with Gasteiger partial charge in [-0.15, -0.1) is 0 Å². The van der Waals surface area contributed by atoms with E-state index < -0.39 is 0 Å². The van der Waals surface area contributed by atoms with Crippen LogP contribution in [0.25, 0.3) is 0 Å². The molecule has 0 unspecified atom stereocenters. The second-order valence-electron chi connectivity index (χ2n) is 3.71. The predicted octanol–water partition coefficient (Wildman–Crippen LogP) is 4.15. The normalized spacial score (nSPS) is 9.27. The summed E-state index contributed by atoms with van der Waals surface area (Å²) in [5.74, 6) is 0.822. The standard InChI is InChI=1S/C8H18.C5H6N2/c1-3-5-7-8-6-4-2;1-5-6-3-2-4-7-5/h3-8H2,1-2H3;2-4H,1H3. The number of hydrogen-bond donors (Lipinski definition) is 0. The summed E-state index contributed by atoms with van der Waals surface area (Å²) in [4.78, 5) is 7.74. The lowest BCUT2D eigenvalue weighted by molar-refractivity contribution is 0.624. The van der Waals surface area contributed by atoms with E-state index in [1.807, 2.05) is 6.92 Å². The Morgan fingerprint density at radius 3 is 1.60 bits per heavy atom. The van der Waals surface area contributed by atoms with Crippen molar-refractivity contribution >= 4 is 0 Å². The lowest BCUT2D eigenvalue weighted by atomic mass is 10.1. The fourth-order valence-electron chi connectivity index (χ4n) is 1.23. The minimum Gasteiger partial charge on any atom is -0.242 e. The quantitative estimate of drug-likeness (QED) is 0.679. The highest BCUT2D eigenvalue weighted by Gasteiger charge is 1.83. The number of hydrogen-bond acceptors (Lipinski definition) is 2. The highest BCUT2D eigenvalue weighted by molar-refractivity contribution is 4.83. The van der Waals surface area contributed by atoms with Crippen LogP contribution in [0.2, 0.25) is 0 Å². The van der Waals surface area contributed by atoms with Crippen LogP contribution in [0, 0.1) is 6.92 Å². The molecule has 15 heavy (non-hydrogen) atoms. The molecule has 0 fully saturated rings. The first-order chi connectivity index (χ1) is 7.31. The zero-order chi connectivity index (χ0) is 11.4. The van der Waals surface area contributed by atoms with E-state index in [0.29, 0.717) is 0 Å². The molecule has 0 aliphatic carbocycles. The van der Waals surface area contributed by atoms with Gasteiger partial charge < -0.3 is 0 Å². The summed E-state index contributed by atoms with van der Waals surface area (Å²) in [6.45, 7) is 6.37. The maximum absolute atomic E-state index is 3.87. The third-order valence-electron chi connectivity index (χ3n) is 2.15. The average molecular weight is 208 g/mol. The second-order valence-corrected chi connectivity index (χ2v) is 3.71. The number of nitrogens with zero attached hydrogens (tertiary/aromatic N) is 2. The molecular formula is C13H24N2. The van der Waals surface area contributed by atoms with Gasteiger partial charge in [0.1, 0.15) is 5.82 Å². The first-order valence-corrected chi connectivity index (χ1v) is 6.04. The van der Waals surface area contributed by atoms with Crippen LogP contribution >= 0.6 is 0 Å². The van der Waals surface area contributed by atoms with Gasteiger partial charge in [-0.25, -0.2) is 9.97 Å². The summed E-state index contributed by atoms with van der Waals surface area (Å²) in [5.41, 5.74) is 0. The van der Waals surface area contributed by atoms with Crippen molar-refractivity contribution in [3.8, 4) is 0 Å². The number of aromatic nitrogens is 2. The van der Waals surface area contributed by atoms with Crippen LogP contribution in [-0.4, -0.2) is 9.97 Å². The highest BCUT2D eigenvalue weighted by atomic mass is 14.8. The summed E-state index contributed by atoms with van der Waals surface area (Å²) in [7, 11) is 0. The minimum absolute atomic E-state index is 0.822. The summed E-state index contributed by atoms with van der Waals surface area (Å²) in [6, 6.07) is 1.80. The highest BCUT2D eigenvalue weighted by Crippen LogP contribution is 2.03. The van der Waals surface area contributed by atoms with E-state index in [2.05, 4.69) is 23.8 Å². The molecule has 0 radical (unpaired) electrons. The van der Waals surface area contributed by atoms with E-state index in [1.165, 1.54) is 38.5 Å². The number of aryl methyl sites for hydroxylation is 1. The van der Waals surface area contributed by atoms with Crippen molar-refractivity contribution in [3.05, 3.63) is 24.3 Å². The van der Waals surface area contributed by atoms with E-state index in [-0.39, 0.29) is 0 Å². The SMILES string of the molecule is CCCCCCCC.Cc1ncccn1. The van der Waals surface area contributed by atoms with Crippen LogP contribution in [0.4, 0.5) is 0 Å². The van der Waals surface area contributed by atoms with Gasteiger partial charge in [-0.1, -0.05) is 52.4 Å². The zero-order valence-electron chi connectivity index (χ0n) is 10.4. The van der Waals surface area contributed by atoms with E-state index in [0.717, 1.165) is 5.82 Å². The summed E-state index contributed by atoms with van der Waals surface area (Å²) in [6.07, 6.45) is 11.9. The fourth-order valence-corrected chi connectivity index (χ4v) is 1.23. The monoisotopic (exact) mass is 208 g/mol. The van der Waals surface area contributed by atoms with Gasteiger partial charge in [0.2, 0.25) is 0 Å². The van der Waals surface area contributed by atoms with Gasteiger partial charge in [0.15, 0.2) is 0 Å². The number of unbranched alkanes of at least 4 members (excludes halogenated alkanes) is 5. The van der Waals surface area contributed by atoms with Gasteiger partial charge in [0.05, 0.1) is 0 Å². The lowest BCUT2D eigenvalue weighted by Gasteiger charge is -1.93. The van der Waals surface area contributed by atoms with Crippen LogP contribution in [0.15, 0.2) is 18.5 Å². The Bertz CT molecular complexity index is 203. The van der Waals surface area contributed by atoms with Gasteiger partial charge in [-0.05, 0) is 13.0 Å². The van der Waals surface area contributed by atoms with E-state index in [4.69, 9.17) is 0 Å². The number of rotatable bonds is 5. The van der Waals surface area contributed by atoms with Gasteiger partial charge in [-0.2, -0.15) is 0 Å². The summed E-state index contributed by atoms with van der Waals surface area (Å²) >= 11 is 0. The van der Waals surface area contributed by atoms with Crippen LogP contribution in [0.5, 0.6) is 0 Å². The average Bonchev–Trinajstić information content (AvgIpc) is 2.27. The molecule has 1 aromatic heterocycles. The summed E-state index contributed by atoms with van der Waals surface area (Å²) in [5, 5.41) is 0. The molecule has 0 N–H and O–H groups in total. The van der Waals surface area contributed by atoms with Gasteiger partial charge >= 0.3 is 0 Å². The molecule has 0 saturated carbocycles. The Hall–Kier alpha value is -0.920. The Kier molecular flexibility index (Phi) is 10.5. The smallest absolute Gasteiger partial charge is 0.125 e. The van der Waals surface area contributed by atoms with Crippen molar-refractivity contribution in [1.29, 1.82) is 0 Å². The first kappa shape index (κ1) is 14.1. The molecule has 1 heterocycles. The third kappa shape index (κ3) is 11.0. The molecule has 86 valence electrons. The van der Waals surface area contributed by atoms with Crippen molar-refractivity contribution in [2.24, 2.45) is 0 Å². The molecule has 0 saturated heterocycles. The maximum Gasteiger partial charge on any atom is 0.125 e. The van der Waals surface area contributed by atoms with Crippen LogP contribution < -0.4 is 0 Å². The predicted molar refractivity (Wildman–Crippen MR) is 65.8 cm³/mol. The topological polar surface area (TPSA) is 25.8 Å². The van der Waals surface area contributed by atoms with Gasteiger partial charge in [-0.3, -0.25) is 0 Å². The first-order valence-electron chi connectivity index (χ1n) is 6.04. The minimum atomic E-state index is 0.822. The van der Waals surface area contributed by atoms with Crippen molar-refractivity contribution in [3.63, 3.8) is 0 Å². The molecule has 0 aliphatic rings. The molecule has 1 rings (SSSR count).